The van der Waals surface area contributed by atoms with Crippen molar-refractivity contribution in [2.24, 2.45) is 14.0 Å². The Kier molecular flexibility index (Phi) is 7.28. The van der Waals surface area contributed by atoms with Crippen LogP contribution in [-0.2, 0) is 40.4 Å². The van der Waals surface area contributed by atoms with Gasteiger partial charge in [-0.15, -0.1) is 53.6 Å². The molecule has 11 aromatic rings. The number of aryl methyl sites for hydroxylation is 2. The molecule has 12 rings (SSSR count). The van der Waals surface area contributed by atoms with Crippen molar-refractivity contribution in [2.45, 2.75) is 26.2 Å². The van der Waals surface area contributed by atoms with Crippen LogP contribution in [0.5, 0.6) is 11.5 Å². The van der Waals surface area contributed by atoms with Crippen LogP contribution in [-0.4, -0.2) is 18.7 Å². The van der Waals surface area contributed by atoms with Crippen molar-refractivity contribution in [3.05, 3.63) is 176 Å². The SMILES string of the molecule is [2H]C([2H])([2H])n1c2ccccc2c2cc3c4ccccc4n(C([2H])([2H])[2H])c3c(N3[CH-]N(c4[c-]c(Oc5[c-]c6c(cc5)c5ccccc5n6-c5ccccn5)cc(C(C)(C)C)c4)c4ccccc43)c21.[Pt]. The molecular formula is C54H41N6OPt-3. The molecule has 0 fully saturated rings. The molecule has 0 N–H and O–H groups in total. The topological polar surface area (TPSA) is 43.4 Å². The summed E-state index contributed by atoms with van der Waals surface area (Å²) in [6.45, 7) is 3.08. The maximum Gasteiger partial charge on any atom is 0.135 e. The third-order valence-corrected chi connectivity index (χ3v) is 12.0. The van der Waals surface area contributed by atoms with E-state index in [-0.39, 0.29) is 26.5 Å². The number of fused-ring (bicyclic) bond motifs is 10. The van der Waals surface area contributed by atoms with Crippen molar-refractivity contribution in [2.75, 3.05) is 9.80 Å². The predicted octanol–water partition coefficient (Wildman–Crippen LogP) is 13.6. The van der Waals surface area contributed by atoms with E-state index in [0.29, 0.717) is 55.7 Å². The zero-order valence-electron chi connectivity index (χ0n) is 39.9. The zero-order valence-corrected chi connectivity index (χ0v) is 36.2. The minimum Gasteiger partial charge on any atom is -0.509 e. The first kappa shape index (κ1) is 32.0. The number of aromatic nitrogens is 4. The van der Waals surface area contributed by atoms with E-state index in [9.17, 15) is 0 Å². The number of rotatable bonds is 5. The number of nitrogens with zero attached hydrogens (tertiary/aromatic N) is 6. The molecule has 0 atom stereocenters. The fourth-order valence-electron chi connectivity index (χ4n) is 9.18. The zero-order chi connectivity index (χ0) is 46.1. The normalized spacial score (nSPS) is 14.8. The molecule has 5 heterocycles. The average molecular weight is 991 g/mol. The minimum absolute atomic E-state index is 0. The van der Waals surface area contributed by atoms with Gasteiger partial charge in [-0.2, -0.15) is 6.07 Å². The molecule has 0 saturated heterocycles. The molecule has 0 radical (unpaired) electrons. The van der Waals surface area contributed by atoms with Crippen LogP contribution in [0.4, 0.5) is 22.7 Å². The van der Waals surface area contributed by atoms with Crippen molar-refractivity contribution in [3.8, 4) is 17.3 Å². The molecule has 0 aliphatic carbocycles. The summed E-state index contributed by atoms with van der Waals surface area (Å²) >= 11 is 0. The molecule has 0 saturated carbocycles. The molecule has 0 spiro atoms. The van der Waals surface area contributed by atoms with Crippen molar-refractivity contribution in [3.63, 3.8) is 0 Å². The fourth-order valence-corrected chi connectivity index (χ4v) is 9.18. The van der Waals surface area contributed by atoms with Gasteiger partial charge in [0.25, 0.3) is 0 Å². The predicted molar refractivity (Wildman–Crippen MR) is 251 cm³/mol. The number of benzene rings is 7. The molecule has 62 heavy (non-hydrogen) atoms. The van der Waals surface area contributed by atoms with Crippen LogP contribution in [0.3, 0.4) is 0 Å². The molecular weight excluding hydrogens is 944 g/mol. The van der Waals surface area contributed by atoms with Gasteiger partial charge in [0.05, 0.1) is 16.7 Å². The monoisotopic (exact) mass is 990 g/mol. The molecule has 8 heteroatoms. The molecule has 306 valence electrons. The van der Waals surface area contributed by atoms with Gasteiger partial charge in [0, 0.05) is 110 Å². The molecule has 0 unspecified atom stereocenters. The number of ether oxygens (including phenoxy) is 1. The van der Waals surface area contributed by atoms with E-state index in [4.69, 9.17) is 13.0 Å². The maximum absolute atomic E-state index is 8.97. The van der Waals surface area contributed by atoms with E-state index < -0.39 is 14.0 Å². The van der Waals surface area contributed by atoms with Crippen LogP contribution in [0.2, 0.25) is 0 Å². The van der Waals surface area contributed by atoms with Gasteiger partial charge < -0.3 is 28.2 Å². The third kappa shape index (κ3) is 5.64. The number of hydrogen-bond donors (Lipinski definition) is 0. The second-order valence-electron chi connectivity index (χ2n) is 16.7. The van der Waals surface area contributed by atoms with Gasteiger partial charge in [-0.3, -0.25) is 0 Å². The van der Waals surface area contributed by atoms with Gasteiger partial charge in [0.2, 0.25) is 0 Å². The summed E-state index contributed by atoms with van der Waals surface area (Å²) in [4.78, 5) is 8.64. The summed E-state index contributed by atoms with van der Waals surface area (Å²) in [5.74, 6) is 1.74. The number of anilines is 4. The Morgan fingerprint density at radius 3 is 1.81 bits per heavy atom. The second kappa shape index (κ2) is 14.1. The standard InChI is InChI=1S/C54H41N6O.Pt/c1-54(2,3)34-28-35(30-37(29-34)61-36-25-26-41-38-16-8-11-21-46(38)60(49(41)31-36)50-24-14-15-27-55-50)58-33-59(48-23-13-12-22-47(48)58)53-51-42(39-17-6-9-19-44(39)56(51)4)32-43-40-18-7-10-20-45(40)57(5)52(43)53;/h6-29,32-33H,1-5H3;/q-3;/i4D3,5D3;. The second-order valence-corrected chi connectivity index (χ2v) is 16.7. The van der Waals surface area contributed by atoms with Gasteiger partial charge in [0.15, 0.2) is 0 Å². The minimum atomic E-state index is -2.63. The Morgan fingerprint density at radius 2 is 1.18 bits per heavy atom. The average Bonchev–Trinajstić information content (AvgIpc) is 4.05. The summed E-state index contributed by atoms with van der Waals surface area (Å²) in [5.41, 5.74) is 6.90. The Balaban J connectivity index is 0.00000507. The van der Waals surface area contributed by atoms with Gasteiger partial charge in [-0.25, -0.2) is 4.98 Å². The van der Waals surface area contributed by atoms with Crippen LogP contribution >= 0.6 is 0 Å². The Labute approximate surface area is 382 Å². The Bertz CT molecular complexity index is 3700. The number of hydrogen-bond acceptors (Lipinski definition) is 4. The van der Waals surface area contributed by atoms with E-state index in [2.05, 4.69) is 66.7 Å². The smallest absolute Gasteiger partial charge is 0.135 e. The van der Waals surface area contributed by atoms with E-state index >= 15 is 0 Å². The van der Waals surface area contributed by atoms with E-state index in [1.54, 1.807) is 6.20 Å². The molecule has 0 bridgehead atoms. The molecule has 1 aliphatic rings. The first-order valence-electron chi connectivity index (χ1n) is 23.3. The quantitative estimate of drug-likeness (QED) is 0.161. The van der Waals surface area contributed by atoms with Crippen LogP contribution < -0.4 is 14.5 Å². The number of para-hydroxylation sites is 5. The van der Waals surface area contributed by atoms with Crippen molar-refractivity contribution >= 4 is 88.2 Å². The van der Waals surface area contributed by atoms with Crippen LogP contribution in [0.25, 0.3) is 71.2 Å². The number of pyridine rings is 1. The molecule has 0 amide bonds. The Hall–Kier alpha value is -6.82. The van der Waals surface area contributed by atoms with Gasteiger partial charge in [-0.1, -0.05) is 99.1 Å². The van der Waals surface area contributed by atoms with Crippen LogP contribution in [0.15, 0.2) is 152 Å². The van der Waals surface area contributed by atoms with Crippen molar-refractivity contribution in [1.82, 2.24) is 18.7 Å². The molecule has 7 nitrogen and oxygen atoms in total. The summed E-state index contributed by atoms with van der Waals surface area (Å²) < 4.78 is 65.5. The van der Waals surface area contributed by atoms with E-state index in [1.807, 2.05) is 138 Å². The summed E-state index contributed by atoms with van der Waals surface area (Å²) in [6, 6.07) is 54.0. The molecule has 1 aliphatic heterocycles. The van der Waals surface area contributed by atoms with Crippen molar-refractivity contribution in [1.29, 1.82) is 0 Å². The van der Waals surface area contributed by atoms with Crippen LogP contribution in [0.1, 0.15) is 34.6 Å². The first-order chi connectivity index (χ1) is 32.1. The summed E-state index contributed by atoms with van der Waals surface area (Å²) in [7, 11) is 0. The van der Waals surface area contributed by atoms with E-state index in [1.165, 1.54) is 9.13 Å². The van der Waals surface area contributed by atoms with E-state index in [0.717, 1.165) is 55.3 Å². The van der Waals surface area contributed by atoms with Gasteiger partial charge in [0.1, 0.15) is 5.82 Å². The third-order valence-electron chi connectivity index (χ3n) is 12.0. The fraction of sp³-hybridized carbons (Fsp3) is 0.111. The first-order valence-corrected chi connectivity index (χ1v) is 20.3. The molecule has 4 aromatic heterocycles. The maximum atomic E-state index is 8.97. The van der Waals surface area contributed by atoms with Crippen LogP contribution in [0, 0.1) is 18.8 Å². The van der Waals surface area contributed by atoms with Gasteiger partial charge in [-0.05, 0) is 59.3 Å². The summed E-state index contributed by atoms with van der Waals surface area (Å²) in [5, 5.41) is 4.97. The summed E-state index contributed by atoms with van der Waals surface area (Å²) in [6.07, 6.45) is 1.78. The largest absolute Gasteiger partial charge is 0.509 e. The van der Waals surface area contributed by atoms with Gasteiger partial charge >= 0.3 is 0 Å². The molecule has 7 aromatic carbocycles. The van der Waals surface area contributed by atoms with Crippen molar-refractivity contribution < 1.29 is 34.0 Å². The Morgan fingerprint density at radius 1 is 0.581 bits per heavy atom.